The SMILES string of the molecule is Cc1cccc2c1CC(=O)c1c(F)cc(F)cc1O2. The van der Waals surface area contributed by atoms with Crippen molar-refractivity contribution in [1.82, 2.24) is 0 Å². The van der Waals surface area contributed by atoms with E-state index >= 15 is 0 Å². The third-order valence-electron chi connectivity index (χ3n) is 3.22. The summed E-state index contributed by atoms with van der Waals surface area (Å²) in [5, 5.41) is 0. The van der Waals surface area contributed by atoms with Crippen molar-refractivity contribution in [3.63, 3.8) is 0 Å². The number of carbonyl (C=O) groups is 1. The molecule has 1 aliphatic heterocycles. The van der Waals surface area contributed by atoms with E-state index in [-0.39, 0.29) is 17.7 Å². The van der Waals surface area contributed by atoms with E-state index < -0.39 is 17.4 Å². The first-order valence-corrected chi connectivity index (χ1v) is 5.85. The Hall–Kier alpha value is -2.23. The number of carbonyl (C=O) groups excluding carboxylic acids is 1. The van der Waals surface area contributed by atoms with Crippen LogP contribution in [-0.4, -0.2) is 5.78 Å². The molecule has 1 aliphatic rings. The number of hydrogen-bond donors (Lipinski definition) is 0. The second kappa shape index (κ2) is 4.16. The van der Waals surface area contributed by atoms with Crippen molar-refractivity contribution in [3.05, 3.63) is 58.7 Å². The van der Waals surface area contributed by atoms with Crippen LogP contribution in [0, 0.1) is 18.6 Å². The van der Waals surface area contributed by atoms with Crippen molar-refractivity contribution in [2.24, 2.45) is 0 Å². The van der Waals surface area contributed by atoms with Crippen LogP contribution >= 0.6 is 0 Å². The maximum atomic E-state index is 13.7. The van der Waals surface area contributed by atoms with Crippen LogP contribution in [0.1, 0.15) is 21.5 Å². The Morgan fingerprint density at radius 1 is 1.16 bits per heavy atom. The highest BCUT2D eigenvalue weighted by molar-refractivity contribution is 6.01. The van der Waals surface area contributed by atoms with Gasteiger partial charge >= 0.3 is 0 Å². The van der Waals surface area contributed by atoms with Crippen LogP contribution in [0.4, 0.5) is 8.78 Å². The third kappa shape index (κ3) is 1.89. The van der Waals surface area contributed by atoms with E-state index in [0.717, 1.165) is 11.6 Å². The van der Waals surface area contributed by atoms with E-state index in [1.807, 2.05) is 13.0 Å². The first-order valence-electron chi connectivity index (χ1n) is 5.85. The van der Waals surface area contributed by atoms with Gasteiger partial charge in [-0.3, -0.25) is 4.79 Å². The van der Waals surface area contributed by atoms with E-state index in [9.17, 15) is 13.6 Å². The van der Waals surface area contributed by atoms with Gasteiger partial charge in [0.1, 0.15) is 23.1 Å². The molecule has 2 nitrogen and oxygen atoms in total. The Morgan fingerprint density at radius 3 is 2.74 bits per heavy atom. The molecule has 0 fully saturated rings. The molecule has 0 atom stereocenters. The fourth-order valence-corrected chi connectivity index (χ4v) is 2.27. The van der Waals surface area contributed by atoms with E-state index in [0.29, 0.717) is 17.4 Å². The maximum Gasteiger partial charge on any atom is 0.174 e. The molecule has 0 saturated carbocycles. The molecule has 2 aromatic rings. The fraction of sp³-hybridized carbons (Fsp3) is 0.133. The third-order valence-corrected chi connectivity index (χ3v) is 3.22. The van der Waals surface area contributed by atoms with Gasteiger partial charge in [-0.15, -0.1) is 0 Å². The van der Waals surface area contributed by atoms with Crippen LogP contribution in [0.5, 0.6) is 11.5 Å². The monoisotopic (exact) mass is 260 g/mol. The lowest BCUT2D eigenvalue weighted by molar-refractivity contribution is 0.0989. The lowest BCUT2D eigenvalue weighted by Crippen LogP contribution is -2.06. The van der Waals surface area contributed by atoms with Crippen LogP contribution in [0.2, 0.25) is 0 Å². The summed E-state index contributed by atoms with van der Waals surface area (Å²) in [5.74, 6) is -1.64. The Morgan fingerprint density at radius 2 is 1.95 bits per heavy atom. The Kier molecular flexibility index (Phi) is 2.59. The summed E-state index contributed by atoms with van der Waals surface area (Å²) in [7, 11) is 0. The fourth-order valence-electron chi connectivity index (χ4n) is 2.27. The number of ketones is 1. The molecular weight excluding hydrogens is 250 g/mol. The minimum absolute atomic E-state index is 0.0531. The van der Waals surface area contributed by atoms with Gasteiger partial charge in [0.05, 0.1) is 5.56 Å². The van der Waals surface area contributed by atoms with Gasteiger partial charge in [-0.25, -0.2) is 8.78 Å². The van der Waals surface area contributed by atoms with Gasteiger partial charge in [0.15, 0.2) is 5.78 Å². The minimum Gasteiger partial charge on any atom is -0.456 e. The minimum atomic E-state index is -0.884. The molecule has 0 bridgehead atoms. The second-order valence-corrected chi connectivity index (χ2v) is 4.51. The number of rotatable bonds is 0. The van der Waals surface area contributed by atoms with Gasteiger partial charge in [-0.05, 0) is 18.6 Å². The lowest BCUT2D eigenvalue weighted by Gasteiger charge is -2.09. The molecule has 0 N–H and O–H groups in total. The molecule has 2 aromatic carbocycles. The smallest absolute Gasteiger partial charge is 0.174 e. The largest absolute Gasteiger partial charge is 0.456 e. The number of benzene rings is 2. The molecule has 0 amide bonds. The van der Waals surface area contributed by atoms with E-state index in [1.165, 1.54) is 0 Å². The first-order chi connectivity index (χ1) is 9.06. The van der Waals surface area contributed by atoms with Gasteiger partial charge in [0, 0.05) is 24.1 Å². The van der Waals surface area contributed by atoms with Gasteiger partial charge < -0.3 is 4.74 Å². The summed E-state index contributed by atoms with van der Waals surface area (Å²) in [5.41, 5.74) is 1.42. The van der Waals surface area contributed by atoms with Crippen LogP contribution < -0.4 is 4.74 Å². The highest BCUT2D eigenvalue weighted by atomic mass is 19.1. The summed E-state index contributed by atoms with van der Waals surface area (Å²) >= 11 is 0. The molecule has 4 heteroatoms. The van der Waals surface area contributed by atoms with Gasteiger partial charge in [0.25, 0.3) is 0 Å². The summed E-state index contributed by atoms with van der Waals surface area (Å²) in [6.45, 7) is 1.85. The Balaban J connectivity index is 2.24. The molecule has 3 rings (SSSR count). The van der Waals surface area contributed by atoms with E-state index in [4.69, 9.17) is 4.74 Å². The maximum absolute atomic E-state index is 13.7. The van der Waals surface area contributed by atoms with Crippen molar-refractivity contribution in [1.29, 1.82) is 0 Å². The molecule has 0 unspecified atom stereocenters. The summed E-state index contributed by atoms with van der Waals surface area (Å²) in [4.78, 5) is 12.1. The highest BCUT2D eigenvalue weighted by Crippen LogP contribution is 2.36. The zero-order chi connectivity index (χ0) is 13.6. The first kappa shape index (κ1) is 11.8. The van der Waals surface area contributed by atoms with Gasteiger partial charge in [-0.1, -0.05) is 12.1 Å². The molecule has 96 valence electrons. The van der Waals surface area contributed by atoms with Crippen LogP contribution in [0.25, 0.3) is 0 Å². The standard InChI is InChI=1S/C15H10F2O2/c1-8-3-2-4-13-10(8)7-12(18)15-11(17)5-9(16)6-14(15)19-13/h2-6H,7H2,1H3. The number of halogens is 2. The predicted octanol–water partition coefficient (Wildman–Crippen LogP) is 3.80. The average molecular weight is 260 g/mol. The molecule has 0 radical (unpaired) electrons. The quantitative estimate of drug-likeness (QED) is 0.720. The number of fused-ring (bicyclic) bond motifs is 2. The molecular formula is C15H10F2O2. The average Bonchev–Trinajstić information content (AvgIpc) is 2.46. The zero-order valence-corrected chi connectivity index (χ0v) is 10.2. The molecule has 1 heterocycles. The number of hydrogen-bond acceptors (Lipinski definition) is 2. The normalized spacial score (nSPS) is 13.3. The van der Waals surface area contributed by atoms with Crippen molar-refractivity contribution < 1.29 is 18.3 Å². The van der Waals surface area contributed by atoms with Gasteiger partial charge in [-0.2, -0.15) is 0 Å². The summed E-state index contributed by atoms with van der Waals surface area (Å²) in [6, 6.07) is 7.05. The van der Waals surface area contributed by atoms with Crippen molar-refractivity contribution in [3.8, 4) is 11.5 Å². The number of aryl methyl sites for hydroxylation is 1. The number of ether oxygens (including phenoxy) is 1. The lowest BCUT2D eigenvalue weighted by atomic mass is 9.99. The summed E-state index contributed by atoms with van der Waals surface area (Å²) in [6.07, 6.45) is 0.0531. The topological polar surface area (TPSA) is 26.3 Å². The predicted molar refractivity (Wildman–Crippen MR) is 65.6 cm³/mol. The Labute approximate surface area is 108 Å². The molecule has 0 aliphatic carbocycles. The highest BCUT2D eigenvalue weighted by Gasteiger charge is 2.26. The van der Waals surface area contributed by atoms with E-state index in [2.05, 4.69) is 0 Å². The molecule has 0 aromatic heterocycles. The van der Waals surface area contributed by atoms with Crippen LogP contribution in [0.15, 0.2) is 30.3 Å². The van der Waals surface area contributed by atoms with Crippen molar-refractivity contribution >= 4 is 5.78 Å². The molecule has 0 saturated heterocycles. The zero-order valence-electron chi connectivity index (χ0n) is 10.2. The van der Waals surface area contributed by atoms with Crippen LogP contribution in [0.3, 0.4) is 0 Å². The van der Waals surface area contributed by atoms with Gasteiger partial charge in [0.2, 0.25) is 0 Å². The van der Waals surface area contributed by atoms with E-state index in [1.54, 1.807) is 12.1 Å². The molecule has 19 heavy (non-hydrogen) atoms. The van der Waals surface area contributed by atoms with Crippen molar-refractivity contribution in [2.75, 3.05) is 0 Å². The Bertz CT molecular complexity index is 693. The second-order valence-electron chi connectivity index (χ2n) is 4.51. The number of Topliss-reactive ketones (excluding diaryl/α,β-unsaturated/α-hetero) is 1. The summed E-state index contributed by atoms with van der Waals surface area (Å²) < 4.78 is 32.5. The molecule has 0 spiro atoms. The van der Waals surface area contributed by atoms with Crippen molar-refractivity contribution in [2.45, 2.75) is 13.3 Å². The van der Waals surface area contributed by atoms with Crippen LogP contribution in [-0.2, 0) is 6.42 Å².